The highest BCUT2D eigenvalue weighted by atomic mass is 16.5. The highest BCUT2D eigenvalue weighted by Crippen LogP contribution is 2.27. The van der Waals surface area contributed by atoms with E-state index < -0.39 is 0 Å². The summed E-state index contributed by atoms with van der Waals surface area (Å²) in [5.74, 6) is 0.374. The molecule has 0 fully saturated rings. The first-order valence-corrected chi connectivity index (χ1v) is 10.1. The summed E-state index contributed by atoms with van der Waals surface area (Å²) in [5, 5.41) is 8.24. The molecule has 0 aliphatic carbocycles. The number of benzene rings is 2. The van der Waals surface area contributed by atoms with Gasteiger partial charge < -0.3 is 14.6 Å². The summed E-state index contributed by atoms with van der Waals surface area (Å²) in [6.07, 6.45) is 2.01. The Labute approximate surface area is 179 Å². The Morgan fingerprint density at radius 2 is 1.90 bits per heavy atom. The lowest BCUT2D eigenvalue weighted by Crippen LogP contribution is -2.29. The lowest BCUT2D eigenvalue weighted by molar-refractivity contribution is -0.117. The number of hydrogen-bond acceptors (Lipinski definition) is 4. The quantitative estimate of drug-likeness (QED) is 0.513. The largest absolute Gasteiger partial charge is 0.497 e. The molecule has 2 aromatic carbocycles. The van der Waals surface area contributed by atoms with Gasteiger partial charge >= 0.3 is 0 Å². The molecule has 0 saturated heterocycles. The SMILES string of the molecule is COc1cccc(-c2ccc(=O)n(CC(=O)Nc3cccc4c3ccn4C(C)C)n2)c1. The number of amides is 1. The zero-order valence-corrected chi connectivity index (χ0v) is 17.7. The Hall–Kier alpha value is -3.87. The minimum Gasteiger partial charge on any atom is -0.497 e. The Kier molecular flexibility index (Phi) is 5.58. The van der Waals surface area contributed by atoms with E-state index in [0.29, 0.717) is 23.2 Å². The number of anilines is 1. The normalized spacial score (nSPS) is 11.1. The van der Waals surface area contributed by atoms with Gasteiger partial charge in [0.05, 0.1) is 24.0 Å². The van der Waals surface area contributed by atoms with Crippen LogP contribution in [0.15, 0.2) is 71.7 Å². The second-order valence-electron chi connectivity index (χ2n) is 7.55. The molecule has 7 nitrogen and oxygen atoms in total. The van der Waals surface area contributed by atoms with Gasteiger partial charge in [0.1, 0.15) is 12.3 Å². The van der Waals surface area contributed by atoms with Crippen LogP contribution < -0.4 is 15.6 Å². The van der Waals surface area contributed by atoms with E-state index in [1.54, 1.807) is 13.2 Å². The zero-order chi connectivity index (χ0) is 22.0. The molecule has 31 heavy (non-hydrogen) atoms. The van der Waals surface area contributed by atoms with Crippen molar-refractivity contribution in [2.45, 2.75) is 26.4 Å². The molecule has 2 heterocycles. The molecule has 0 atom stereocenters. The summed E-state index contributed by atoms with van der Waals surface area (Å²) in [5.41, 5.74) is 2.80. The van der Waals surface area contributed by atoms with Crippen molar-refractivity contribution < 1.29 is 9.53 Å². The zero-order valence-electron chi connectivity index (χ0n) is 17.7. The van der Waals surface area contributed by atoms with Gasteiger partial charge in [-0.25, -0.2) is 4.68 Å². The third-order valence-corrected chi connectivity index (χ3v) is 5.12. The highest BCUT2D eigenvalue weighted by molar-refractivity contribution is 6.01. The maximum absolute atomic E-state index is 12.7. The molecule has 0 radical (unpaired) electrons. The lowest BCUT2D eigenvalue weighted by Gasteiger charge is -2.12. The lowest BCUT2D eigenvalue weighted by atomic mass is 10.1. The minimum atomic E-state index is -0.342. The van der Waals surface area contributed by atoms with Crippen LogP contribution in [-0.4, -0.2) is 27.4 Å². The Morgan fingerprint density at radius 3 is 2.68 bits per heavy atom. The molecule has 0 bridgehead atoms. The predicted octanol–water partition coefficient (Wildman–Crippen LogP) is 4.09. The Bertz CT molecular complexity index is 1300. The number of carbonyl (C=O) groups is 1. The summed E-state index contributed by atoms with van der Waals surface area (Å²) in [6.45, 7) is 4.04. The van der Waals surface area contributed by atoms with Gasteiger partial charge in [-0.1, -0.05) is 18.2 Å². The van der Waals surface area contributed by atoms with Crippen LogP contribution >= 0.6 is 0 Å². The van der Waals surface area contributed by atoms with Crippen LogP contribution in [-0.2, 0) is 11.3 Å². The van der Waals surface area contributed by atoms with E-state index in [9.17, 15) is 9.59 Å². The van der Waals surface area contributed by atoms with Gasteiger partial charge in [-0.05, 0) is 50.2 Å². The molecule has 0 spiro atoms. The Morgan fingerprint density at radius 1 is 1.10 bits per heavy atom. The van der Waals surface area contributed by atoms with Crippen LogP contribution in [0, 0.1) is 0 Å². The molecular weight excluding hydrogens is 392 g/mol. The van der Waals surface area contributed by atoms with Crippen molar-refractivity contribution in [1.82, 2.24) is 14.3 Å². The maximum atomic E-state index is 12.7. The van der Waals surface area contributed by atoms with E-state index in [-0.39, 0.29) is 18.0 Å². The van der Waals surface area contributed by atoms with E-state index in [2.05, 4.69) is 28.8 Å². The van der Waals surface area contributed by atoms with Crippen LogP contribution in [0.4, 0.5) is 5.69 Å². The summed E-state index contributed by atoms with van der Waals surface area (Å²) in [4.78, 5) is 25.0. The van der Waals surface area contributed by atoms with Crippen molar-refractivity contribution in [1.29, 1.82) is 0 Å². The van der Waals surface area contributed by atoms with E-state index in [1.165, 1.54) is 10.7 Å². The van der Waals surface area contributed by atoms with Gasteiger partial charge in [0, 0.05) is 29.3 Å². The minimum absolute atomic E-state index is 0.183. The van der Waals surface area contributed by atoms with E-state index in [0.717, 1.165) is 16.5 Å². The fourth-order valence-corrected chi connectivity index (χ4v) is 3.57. The van der Waals surface area contributed by atoms with E-state index in [4.69, 9.17) is 4.74 Å². The number of hydrogen-bond donors (Lipinski definition) is 1. The van der Waals surface area contributed by atoms with Gasteiger partial charge in [0.25, 0.3) is 5.56 Å². The number of fused-ring (bicyclic) bond motifs is 1. The van der Waals surface area contributed by atoms with Crippen molar-refractivity contribution in [2.75, 3.05) is 12.4 Å². The number of carbonyl (C=O) groups excluding carboxylic acids is 1. The molecule has 1 amide bonds. The van der Waals surface area contributed by atoms with Crippen LogP contribution in [0.25, 0.3) is 22.2 Å². The van der Waals surface area contributed by atoms with Crippen LogP contribution in [0.3, 0.4) is 0 Å². The smallest absolute Gasteiger partial charge is 0.267 e. The summed E-state index contributed by atoms with van der Waals surface area (Å²) < 4.78 is 8.57. The monoisotopic (exact) mass is 416 g/mol. The maximum Gasteiger partial charge on any atom is 0.267 e. The third kappa shape index (κ3) is 4.21. The molecule has 158 valence electrons. The molecule has 4 aromatic rings. The summed E-state index contributed by atoms with van der Waals surface area (Å²) >= 11 is 0. The molecular formula is C24H24N4O3. The molecule has 7 heteroatoms. The number of ether oxygens (including phenoxy) is 1. The molecule has 0 unspecified atom stereocenters. The first kappa shape index (κ1) is 20.4. The molecule has 0 aliphatic heterocycles. The van der Waals surface area contributed by atoms with Gasteiger partial charge in [0.2, 0.25) is 5.91 Å². The number of nitrogens with zero attached hydrogens (tertiary/aromatic N) is 3. The van der Waals surface area contributed by atoms with Crippen molar-refractivity contribution in [3.63, 3.8) is 0 Å². The van der Waals surface area contributed by atoms with Crippen LogP contribution in [0.1, 0.15) is 19.9 Å². The van der Waals surface area contributed by atoms with Crippen LogP contribution in [0.5, 0.6) is 5.75 Å². The second kappa shape index (κ2) is 8.47. The average molecular weight is 416 g/mol. The first-order valence-electron chi connectivity index (χ1n) is 10.1. The number of rotatable bonds is 6. The fourth-order valence-electron chi connectivity index (χ4n) is 3.57. The Balaban J connectivity index is 1.58. The molecule has 0 aliphatic rings. The topological polar surface area (TPSA) is 78.1 Å². The summed E-state index contributed by atoms with van der Waals surface area (Å²) in [6, 6.07) is 18.5. The second-order valence-corrected chi connectivity index (χ2v) is 7.55. The molecule has 2 aromatic heterocycles. The molecule has 4 rings (SSSR count). The molecule has 1 N–H and O–H groups in total. The predicted molar refractivity (Wildman–Crippen MR) is 121 cm³/mol. The van der Waals surface area contributed by atoms with Gasteiger partial charge in [0.15, 0.2) is 0 Å². The molecule has 0 saturated carbocycles. The van der Waals surface area contributed by atoms with Crippen molar-refractivity contribution >= 4 is 22.5 Å². The van der Waals surface area contributed by atoms with Crippen LogP contribution in [0.2, 0.25) is 0 Å². The van der Waals surface area contributed by atoms with E-state index in [1.807, 2.05) is 54.7 Å². The third-order valence-electron chi connectivity index (χ3n) is 5.12. The van der Waals surface area contributed by atoms with Crippen molar-refractivity contribution in [3.05, 3.63) is 77.2 Å². The van der Waals surface area contributed by atoms with Crippen molar-refractivity contribution in [3.8, 4) is 17.0 Å². The van der Waals surface area contributed by atoms with Crippen molar-refractivity contribution in [2.24, 2.45) is 0 Å². The van der Waals surface area contributed by atoms with E-state index >= 15 is 0 Å². The van der Waals surface area contributed by atoms with Gasteiger partial charge in [-0.3, -0.25) is 9.59 Å². The average Bonchev–Trinajstić information content (AvgIpc) is 3.21. The fraction of sp³-hybridized carbons (Fsp3) is 0.208. The number of methoxy groups -OCH3 is 1. The first-order chi connectivity index (χ1) is 15.0. The standard InChI is InChI=1S/C24H24N4O3/c1-16(2)27-13-12-19-21(8-5-9-22(19)27)25-23(29)15-28-24(30)11-10-20(26-28)17-6-4-7-18(14-17)31-3/h4-14,16H,15H2,1-3H3,(H,25,29). The number of nitrogens with one attached hydrogen (secondary N) is 1. The van der Waals surface area contributed by atoms with Gasteiger partial charge in [-0.15, -0.1) is 0 Å². The van der Waals surface area contributed by atoms with Gasteiger partial charge in [-0.2, -0.15) is 5.10 Å². The number of aromatic nitrogens is 3. The summed E-state index contributed by atoms with van der Waals surface area (Å²) in [7, 11) is 1.59. The highest BCUT2D eigenvalue weighted by Gasteiger charge is 2.12.